The molecule has 1 atom stereocenters. The lowest BCUT2D eigenvalue weighted by atomic mass is 10.1. The maximum Gasteiger partial charge on any atom is 0.408 e. The molecule has 0 aliphatic carbocycles. The van der Waals surface area contributed by atoms with Crippen LogP contribution in [0.25, 0.3) is 0 Å². The molecule has 0 aliphatic heterocycles. The molecule has 1 unspecified atom stereocenters. The minimum atomic E-state index is -0.554. The van der Waals surface area contributed by atoms with Gasteiger partial charge in [-0.15, -0.1) is 0 Å². The molecule has 0 radical (unpaired) electrons. The Hall–Kier alpha value is -3.03. The molecule has 8 nitrogen and oxygen atoms in total. The summed E-state index contributed by atoms with van der Waals surface area (Å²) in [6.07, 6.45) is 0.732. The number of H-pyrrole nitrogens is 1. The van der Waals surface area contributed by atoms with E-state index in [0.29, 0.717) is 5.75 Å². The number of nitrogen functional groups attached to an aromatic ring is 1. The van der Waals surface area contributed by atoms with E-state index in [2.05, 4.69) is 15.3 Å². The number of nitrogens with one attached hydrogen (secondary N) is 2. The van der Waals surface area contributed by atoms with Gasteiger partial charge in [0, 0.05) is 0 Å². The monoisotopic (exact) mass is 346 g/mol. The second kappa shape index (κ2) is 7.25. The average Bonchev–Trinajstić information content (AvgIpc) is 2.50. The number of anilines is 1. The first kappa shape index (κ1) is 18.3. The fourth-order valence-electron chi connectivity index (χ4n) is 1.98. The molecule has 1 heterocycles. The van der Waals surface area contributed by atoms with Gasteiger partial charge in [-0.2, -0.15) is 0 Å². The number of benzene rings is 1. The number of ether oxygens (including phenoxy) is 2. The van der Waals surface area contributed by atoms with Crippen molar-refractivity contribution in [3.8, 4) is 11.6 Å². The summed E-state index contributed by atoms with van der Waals surface area (Å²) in [6.45, 7) is 7.25. The van der Waals surface area contributed by atoms with Crippen molar-refractivity contribution >= 4 is 11.8 Å². The van der Waals surface area contributed by atoms with Crippen LogP contribution in [0.2, 0.25) is 0 Å². The van der Waals surface area contributed by atoms with E-state index in [0.717, 1.165) is 5.56 Å². The van der Waals surface area contributed by atoms with E-state index in [1.165, 1.54) is 6.33 Å². The lowest BCUT2D eigenvalue weighted by Gasteiger charge is -2.22. The Morgan fingerprint density at radius 2 is 1.92 bits per heavy atom. The van der Waals surface area contributed by atoms with Gasteiger partial charge in [-0.25, -0.2) is 9.78 Å². The van der Waals surface area contributed by atoms with Crippen LogP contribution in [0.4, 0.5) is 10.5 Å². The fraction of sp³-hybridized carbons (Fsp3) is 0.353. The van der Waals surface area contributed by atoms with Gasteiger partial charge in [0.25, 0.3) is 5.56 Å². The quantitative estimate of drug-likeness (QED) is 0.783. The highest BCUT2D eigenvalue weighted by molar-refractivity contribution is 5.68. The Kier molecular flexibility index (Phi) is 5.31. The zero-order chi connectivity index (χ0) is 18.6. The van der Waals surface area contributed by atoms with Crippen LogP contribution in [0.3, 0.4) is 0 Å². The first-order chi connectivity index (χ1) is 11.7. The number of aromatic amines is 1. The highest BCUT2D eigenvalue weighted by atomic mass is 16.6. The molecule has 134 valence electrons. The SMILES string of the molecule is CC(NC(=O)OC(C)(C)C)c1ccc(Oc2nc[nH]c(=O)c2N)cc1. The van der Waals surface area contributed by atoms with Crippen LogP contribution < -0.4 is 21.3 Å². The van der Waals surface area contributed by atoms with E-state index in [4.69, 9.17) is 15.2 Å². The molecule has 1 amide bonds. The first-order valence-corrected chi connectivity index (χ1v) is 7.76. The number of rotatable bonds is 4. The summed E-state index contributed by atoms with van der Waals surface area (Å²) in [6, 6.07) is 6.74. The molecule has 2 aromatic rings. The summed E-state index contributed by atoms with van der Waals surface area (Å²) in [4.78, 5) is 29.5. The van der Waals surface area contributed by atoms with E-state index >= 15 is 0 Å². The summed E-state index contributed by atoms with van der Waals surface area (Å²) < 4.78 is 10.7. The lowest BCUT2D eigenvalue weighted by molar-refractivity contribution is 0.0508. The Labute approximate surface area is 145 Å². The third kappa shape index (κ3) is 5.23. The minimum Gasteiger partial charge on any atom is -0.444 e. The summed E-state index contributed by atoms with van der Waals surface area (Å²) in [5.41, 5.74) is 5.38. The highest BCUT2D eigenvalue weighted by Crippen LogP contribution is 2.24. The maximum atomic E-state index is 11.8. The van der Waals surface area contributed by atoms with Crippen LogP contribution in [-0.2, 0) is 4.74 Å². The van der Waals surface area contributed by atoms with Gasteiger partial charge in [0.1, 0.15) is 11.4 Å². The maximum absolute atomic E-state index is 11.8. The van der Waals surface area contributed by atoms with Crippen molar-refractivity contribution < 1.29 is 14.3 Å². The van der Waals surface area contributed by atoms with E-state index in [1.54, 1.807) is 45.0 Å². The topological polar surface area (TPSA) is 119 Å². The zero-order valence-electron chi connectivity index (χ0n) is 14.6. The van der Waals surface area contributed by atoms with Gasteiger partial charge < -0.3 is 25.5 Å². The van der Waals surface area contributed by atoms with Crippen molar-refractivity contribution in [2.45, 2.75) is 39.3 Å². The Morgan fingerprint density at radius 3 is 2.52 bits per heavy atom. The standard InChI is InChI=1S/C17H22N4O4/c1-10(21-16(23)25-17(2,3)4)11-5-7-12(8-6-11)24-15-13(18)14(22)19-9-20-15/h5-10H,18H2,1-4H3,(H,21,23)(H,19,20,22). The number of nitrogens with zero attached hydrogens (tertiary/aromatic N) is 1. The number of alkyl carbamates (subject to hydrolysis) is 1. The molecule has 4 N–H and O–H groups in total. The number of nitrogens with two attached hydrogens (primary N) is 1. The smallest absolute Gasteiger partial charge is 0.408 e. The van der Waals surface area contributed by atoms with Crippen LogP contribution >= 0.6 is 0 Å². The van der Waals surface area contributed by atoms with Gasteiger partial charge in [-0.1, -0.05) is 12.1 Å². The van der Waals surface area contributed by atoms with Crippen LogP contribution in [0.1, 0.15) is 39.3 Å². The highest BCUT2D eigenvalue weighted by Gasteiger charge is 2.18. The lowest BCUT2D eigenvalue weighted by Crippen LogP contribution is -2.34. The molecule has 0 fully saturated rings. The molecule has 0 saturated carbocycles. The largest absolute Gasteiger partial charge is 0.444 e. The predicted molar refractivity (Wildman–Crippen MR) is 93.6 cm³/mol. The first-order valence-electron chi connectivity index (χ1n) is 7.76. The Morgan fingerprint density at radius 1 is 1.28 bits per heavy atom. The van der Waals surface area contributed by atoms with Crippen LogP contribution in [-0.4, -0.2) is 21.7 Å². The zero-order valence-corrected chi connectivity index (χ0v) is 14.6. The molecule has 0 saturated heterocycles. The van der Waals surface area contributed by atoms with Gasteiger partial charge in [-0.05, 0) is 45.4 Å². The molecule has 0 bridgehead atoms. The second-order valence-corrected chi connectivity index (χ2v) is 6.49. The number of hydrogen-bond acceptors (Lipinski definition) is 6. The number of carbonyl (C=O) groups excluding carboxylic acids is 1. The van der Waals surface area contributed by atoms with E-state index in [-0.39, 0.29) is 17.6 Å². The molecule has 0 spiro atoms. The van der Waals surface area contributed by atoms with Crippen molar-refractivity contribution in [2.24, 2.45) is 0 Å². The molecule has 1 aromatic heterocycles. The van der Waals surface area contributed by atoms with Crippen molar-refractivity contribution in [1.82, 2.24) is 15.3 Å². The molecule has 8 heteroatoms. The summed E-state index contributed by atoms with van der Waals surface area (Å²) in [5, 5.41) is 2.76. The molecule has 0 aliphatic rings. The van der Waals surface area contributed by atoms with Crippen molar-refractivity contribution in [3.63, 3.8) is 0 Å². The van der Waals surface area contributed by atoms with Crippen LogP contribution in [0.15, 0.2) is 35.4 Å². The molecular weight excluding hydrogens is 324 g/mol. The fourth-order valence-corrected chi connectivity index (χ4v) is 1.98. The van der Waals surface area contributed by atoms with Crippen molar-refractivity contribution in [2.75, 3.05) is 5.73 Å². The second-order valence-electron chi connectivity index (χ2n) is 6.49. The summed E-state index contributed by atoms with van der Waals surface area (Å²) >= 11 is 0. The number of hydrogen-bond donors (Lipinski definition) is 3. The van der Waals surface area contributed by atoms with Crippen LogP contribution in [0.5, 0.6) is 11.6 Å². The third-order valence-electron chi connectivity index (χ3n) is 3.18. The van der Waals surface area contributed by atoms with E-state index < -0.39 is 17.3 Å². The third-order valence-corrected chi connectivity index (χ3v) is 3.18. The summed E-state index contributed by atoms with van der Waals surface area (Å²) in [7, 11) is 0. The minimum absolute atomic E-state index is 0.0384. The average molecular weight is 346 g/mol. The number of aromatic nitrogens is 2. The molecular formula is C17H22N4O4. The predicted octanol–water partition coefficient (Wildman–Crippen LogP) is 2.73. The Bertz CT molecular complexity index is 794. The van der Waals surface area contributed by atoms with Gasteiger partial charge in [0.05, 0.1) is 12.4 Å². The van der Waals surface area contributed by atoms with E-state index in [9.17, 15) is 9.59 Å². The van der Waals surface area contributed by atoms with Crippen LogP contribution in [0, 0.1) is 0 Å². The van der Waals surface area contributed by atoms with Crippen molar-refractivity contribution in [3.05, 3.63) is 46.5 Å². The van der Waals surface area contributed by atoms with E-state index in [1.807, 2.05) is 6.92 Å². The normalized spacial score (nSPS) is 12.3. The van der Waals surface area contributed by atoms with Crippen molar-refractivity contribution in [1.29, 1.82) is 0 Å². The summed E-state index contributed by atoms with van der Waals surface area (Å²) in [5.74, 6) is 0.509. The Balaban J connectivity index is 2.03. The number of carbonyl (C=O) groups is 1. The van der Waals surface area contributed by atoms with Gasteiger partial charge in [0.2, 0.25) is 5.88 Å². The number of amides is 1. The van der Waals surface area contributed by atoms with Gasteiger partial charge in [-0.3, -0.25) is 4.79 Å². The molecule has 1 aromatic carbocycles. The van der Waals surface area contributed by atoms with Gasteiger partial charge in [0.15, 0.2) is 5.69 Å². The molecule has 2 rings (SSSR count). The molecule has 25 heavy (non-hydrogen) atoms. The van der Waals surface area contributed by atoms with Gasteiger partial charge >= 0.3 is 6.09 Å².